The lowest BCUT2D eigenvalue weighted by molar-refractivity contribution is 0.0616. The van der Waals surface area contributed by atoms with Gasteiger partial charge in [0.05, 0.1) is 0 Å². The fraction of sp³-hybridized carbons (Fsp3) is 1.00. The van der Waals surface area contributed by atoms with Gasteiger partial charge in [0.15, 0.2) is 0 Å². The van der Waals surface area contributed by atoms with Crippen LogP contribution in [0.3, 0.4) is 0 Å². The van der Waals surface area contributed by atoms with Crippen LogP contribution in [0.1, 0.15) is 45.4 Å². The lowest BCUT2D eigenvalue weighted by atomic mass is 9.74. The second kappa shape index (κ2) is 7.46. The molecule has 0 radical (unpaired) electrons. The van der Waals surface area contributed by atoms with Crippen molar-refractivity contribution in [2.45, 2.75) is 51.0 Å². The van der Waals surface area contributed by atoms with Gasteiger partial charge in [-0.25, -0.2) is 0 Å². The zero-order valence-corrected chi connectivity index (χ0v) is 12.9. The third-order valence-corrected chi connectivity index (χ3v) is 4.90. The maximum atomic E-state index is 6.11. The minimum atomic E-state index is 0.290. The van der Waals surface area contributed by atoms with Crippen LogP contribution in [-0.2, 0) is 0 Å². The van der Waals surface area contributed by atoms with Gasteiger partial charge in [-0.15, -0.1) is 0 Å². The summed E-state index contributed by atoms with van der Waals surface area (Å²) in [5, 5.41) is 0. The fourth-order valence-electron chi connectivity index (χ4n) is 3.23. The summed E-state index contributed by atoms with van der Waals surface area (Å²) in [6, 6.07) is 0. The molecule has 0 aromatic heterocycles. The molecule has 1 fully saturated rings. The first-order chi connectivity index (χ1) is 8.54. The lowest BCUT2D eigenvalue weighted by Crippen LogP contribution is -2.54. The third kappa shape index (κ3) is 4.22. The number of nitrogens with zero attached hydrogens (tertiary/aromatic N) is 2. The van der Waals surface area contributed by atoms with E-state index in [1.54, 1.807) is 0 Å². The van der Waals surface area contributed by atoms with Crippen LogP contribution in [0.4, 0.5) is 0 Å². The standard InChI is InChI=1S/C15H33N3/c1-5-14-7-9-15(13-16,10-8-14)18(4)12-6-11-17(2)3/h14H,5-13,16H2,1-4H3. The van der Waals surface area contributed by atoms with Crippen molar-refractivity contribution in [1.82, 2.24) is 9.80 Å². The summed E-state index contributed by atoms with van der Waals surface area (Å²) in [6.45, 7) is 5.48. The van der Waals surface area contributed by atoms with Crippen molar-refractivity contribution in [2.24, 2.45) is 11.7 Å². The average molecular weight is 255 g/mol. The second-order valence-electron chi connectivity index (χ2n) is 6.36. The van der Waals surface area contributed by atoms with E-state index in [9.17, 15) is 0 Å². The van der Waals surface area contributed by atoms with Gasteiger partial charge in [-0.2, -0.15) is 0 Å². The first-order valence-corrected chi connectivity index (χ1v) is 7.60. The van der Waals surface area contributed by atoms with E-state index in [-0.39, 0.29) is 5.54 Å². The van der Waals surface area contributed by atoms with E-state index in [2.05, 4.69) is 37.9 Å². The first-order valence-electron chi connectivity index (χ1n) is 7.60. The van der Waals surface area contributed by atoms with Crippen molar-refractivity contribution < 1.29 is 0 Å². The van der Waals surface area contributed by atoms with E-state index in [1.165, 1.54) is 51.6 Å². The summed E-state index contributed by atoms with van der Waals surface area (Å²) in [4.78, 5) is 4.80. The first kappa shape index (κ1) is 15.9. The highest BCUT2D eigenvalue weighted by Crippen LogP contribution is 2.36. The predicted molar refractivity (Wildman–Crippen MR) is 79.8 cm³/mol. The van der Waals surface area contributed by atoms with Crippen LogP contribution in [0.2, 0.25) is 0 Å². The van der Waals surface area contributed by atoms with Crippen molar-refractivity contribution in [1.29, 1.82) is 0 Å². The van der Waals surface area contributed by atoms with E-state index in [0.717, 1.165) is 12.5 Å². The maximum absolute atomic E-state index is 6.11. The summed E-state index contributed by atoms with van der Waals surface area (Å²) < 4.78 is 0. The molecule has 0 bridgehead atoms. The van der Waals surface area contributed by atoms with Crippen molar-refractivity contribution in [3.8, 4) is 0 Å². The molecule has 2 N–H and O–H groups in total. The van der Waals surface area contributed by atoms with Crippen LogP contribution < -0.4 is 5.73 Å². The monoisotopic (exact) mass is 255 g/mol. The van der Waals surface area contributed by atoms with Gasteiger partial charge >= 0.3 is 0 Å². The Morgan fingerprint density at radius 2 is 1.72 bits per heavy atom. The molecule has 0 aromatic carbocycles. The second-order valence-corrected chi connectivity index (χ2v) is 6.36. The summed E-state index contributed by atoms with van der Waals surface area (Å²) in [5.74, 6) is 0.944. The number of hydrogen-bond acceptors (Lipinski definition) is 3. The van der Waals surface area contributed by atoms with Crippen LogP contribution >= 0.6 is 0 Å². The molecule has 1 rings (SSSR count). The highest BCUT2D eigenvalue weighted by atomic mass is 15.2. The molecule has 0 aromatic rings. The number of likely N-dealkylation sites (N-methyl/N-ethyl adjacent to an activating group) is 1. The Hall–Kier alpha value is -0.120. The van der Waals surface area contributed by atoms with Crippen molar-refractivity contribution >= 4 is 0 Å². The maximum Gasteiger partial charge on any atom is 0.0328 e. The van der Waals surface area contributed by atoms with E-state index < -0.39 is 0 Å². The Balaban J connectivity index is 2.44. The molecule has 108 valence electrons. The number of rotatable bonds is 7. The van der Waals surface area contributed by atoms with Crippen LogP contribution in [0.5, 0.6) is 0 Å². The molecule has 18 heavy (non-hydrogen) atoms. The number of nitrogens with two attached hydrogens (primary N) is 1. The van der Waals surface area contributed by atoms with Gasteiger partial charge < -0.3 is 10.6 Å². The molecule has 0 spiro atoms. The SMILES string of the molecule is CCC1CCC(CN)(N(C)CCCN(C)C)CC1. The third-order valence-electron chi connectivity index (χ3n) is 4.90. The normalized spacial score (nSPS) is 29.2. The molecular weight excluding hydrogens is 222 g/mol. The summed E-state index contributed by atoms with van der Waals surface area (Å²) in [7, 11) is 6.56. The fourth-order valence-corrected chi connectivity index (χ4v) is 3.23. The Kier molecular flexibility index (Phi) is 6.61. The highest BCUT2D eigenvalue weighted by Gasteiger charge is 2.36. The zero-order valence-electron chi connectivity index (χ0n) is 12.9. The predicted octanol–water partition coefficient (Wildman–Crippen LogP) is 2.17. The molecule has 0 heterocycles. The quantitative estimate of drug-likeness (QED) is 0.757. The smallest absolute Gasteiger partial charge is 0.0328 e. The van der Waals surface area contributed by atoms with Crippen LogP contribution in [0.25, 0.3) is 0 Å². The summed E-state index contributed by atoms with van der Waals surface area (Å²) >= 11 is 0. The Bertz CT molecular complexity index is 220. The molecule has 0 saturated heterocycles. The van der Waals surface area contributed by atoms with E-state index in [0.29, 0.717) is 0 Å². The van der Waals surface area contributed by atoms with Gasteiger partial charge in [-0.1, -0.05) is 13.3 Å². The zero-order chi connectivity index (χ0) is 13.6. The minimum Gasteiger partial charge on any atom is -0.329 e. The van der Waals surface area contributed by atoms with E-state index in [4.69, 9.17) is 5.73 Å². The van der Waals surface area contributed by atoms with Crippen molar-refractivity contribution in [3.05, 3.63) is 0 Å². The number of hydrogen-bond donors (Lipinski definition) is 1. The van der Waals surface area contributed by atoms with Crippen molar-refractivity contribution in [2.75, 3.05) is 40.8 Å². The lowest BCUT2D eigenvalue weighted by Gasteiger charge is -2.46. The van der Waals surface area contributed by atoms with Crippen LogP contribution in [0, 0.1) is 5.92 Å². The van der Waals surface area contributed by atoms with Gasteiger partial charge in [-0.05, 0) is 72.3 Å². The summed E-state index contributed by atoms with van der Waals surface area (Å²) in [5.41, 5.74) is 6.40. The summed E-state index contributed by atoms with van der Waals surface area (Å²) in [6.07, 6.45) is 7.89. The Labute approximate surface area is 114 Å². The van der Waals surface area contributed by atoms with E-state index >= 15 is 0 Å². The molecule has 3 heteroatoms. The molecular formula is C15H33N3. The van der Waals surface area contributed by atoms with Crippen LogP contribution in [0.15, 0.2) is 0 Å². The van der Waals surface area contributed by atoms with Gasteiger partial charge in [-0.3, -0.25) is 4.90 Å². The van der Waals surface area contributed by atoms with Crippen molar-refractivity contribution in [3.63, 3.8) is 0 Å². The molecule has 1 saturated carbocycles. The molecule has 0 aliphatic heterocycles. The van der Waals surface area contributed by atoms with Crippen LogP contribution in [-0.4, -0.2) is 56.1 Å². The van der Waals surface area contributed by atoms with Gasteiger partial charge in [0.2, 0.25) is 0 Å². The molecule has 0 unspecified atom stereocenters. The Morgan fingerprint density at radius 3 is 2.17 bits per heavy atom. The topological polar surface area (TPSA) is 32.5 Å². The molecule has 3 nitrogen and oxygen atoms in total. The molecule has 1 aliphatic carbocycles. The molecule has 1 aliphatic rings. The van der Waals surface area contributed by atoms with Gasteiger partial charge in [0.25, 0.3) is 0 Å². The van der Waals surface area contributed by atoms with E-state index in [1.807, 2.05) is 0 Å². The molecule has 0 atom stereocenters. The minimum absolute atomic E-state index is 0.290. The van der Waals surface area contributed by atoms with Gasteiger partial charge in [0.1, 0.15) is 0 Å². The Morgan fingerprint density at radius 1 is 1.11 bits per heavy atom. The van der Waals surface area contributed by atoms with Gasteiger partial charge in [0, 0.05) is 12.1 Å². The molecule has 0 amide bonds. The highest BCUT2D eigenvalue weighted by molar-refractivity contribution is 4.94. The average Bonchev–Trinajstić information content (AvgIpc) is 2.38. The largest absolute Gasteiger partial charge is 0.329 e.